The van der Waals surface area contributed by atoms with Crippen molar-refractivity contribution in [2.24, 2.45) is 0 Å². The highest BCUT2D eigenvalue weighted by molar-refractivity contribution is 6.42. The van der Waals surface area contributed by atoms with Crippen molar-refractivity contribution in [1.82, 2.24) is 5.32 Å². The van der Waals surface area contributed by atoms with Crippen LogP contribution >= 0.6 is 23.2 Å². The Morgan fingerprint density at radius 2 is 1.88 bits per heavy atom. The van der Waals surface area contributed by atoms with Crippen LogP contribution in [0.15, 0.2) is 59.8 Å². The van der Waals surface area contributed by atoms with Gasteiger partial charge in [0.1, 0.15) is 6.61 Å². The van der Waals surface area contributed by atoms with Crippen LogP contribution in [-0.2, 0) is 20.9 Å². The zero-order chi connectivity index (χ0) is 18.7. The molecule has 1 N–H and O–H groups in total. The van der Waals surface area contributed by atoms with Gasteiger partial charge in [0.15, 0.2) is 0 Å². The van der Waals surface area contributed by atoms with Gasteiger partial charge in [0.2, 0.25) is 5.91 Å². The van der Waals surface area contributed by atoms with Crippen LogP contribution in [0.1, 0.15) is 30.4 Å². The molecule has 1 atom stereocenters. The van der Waals surface area contributed by atoms with Crippen molar-refractivity contribution < 1.29 is 14.3 Å². The lowest BCUT2D eigenvalue weighted by Gasteiger charge is -2.27. The molecule has 3 rings (SSSR count). The van der Waals surface area contributed by atoms with E-state index in [4.69, 9.17) is 27.9 Å². The molecule has 1 aliphatic heterocycles. The van der Waals surface area contributed by atoms with E-state index in [1.165, 1.54) is 0 Å². The average Bonchev–Trinajstić information content (AvgIpc) is 2.62. The molecule has 0 saturated heterocycles. The number of ether oxygens (including phenoxy) is 1. The first-order chi connectivity index (χ1) is 12.5. The number of benzene rings is 2. The zero-order valence-corrected chi connectivity index (χ0v) is 15.6. The summed E-state index contributed by atoms with van der Waals surface area (Å²) in [5.74, 6) is -1.16. The van der Waals surface area contributed by atoms with Gasteiger partial charge in [0, 0.05) is 18.0 Å². The normalized spacial score (nSPS) is 17.0. The van der Waals surface area contributed by atoms with Crippen LogP contribution in [0.3, 0.4) is 0 Å². The molecule has 0 aliphatic carbocycles. The molecule has 0 fully saturated rings. The van der Waals surface area contributed by atoms with E-state index in [0.29, 0.717) is 26.9 Å². The fraction of sp³-hybridized carbons (Fsp3) is 0.200. The lowest BCUT2D eigenvalue weighted by Crippen LogP contribution is -2.34. The molecule has 0 spiro atoms. The Kier molecular flexibility index (Phi) is 5.64. The van der Waals surface area contributed by atoms with Crippen molar-refractivity contribution in [1.29, 1.82) is 0 Å². The number of allylic oxidation sites excluding steroid dienone is 1. The van der Waals surface area contributed by atoms with E-state index in [1.807, 2.05) is 30.3 Å². The van der Waals surface area contributed by atoms with Gasteiger partial charge >= 0.3 is 5.97 Å². The predicted molar refractivity (Wildman–Crippen MR) is 101 cm³/mol. The molecule has 0 radical (unpaired) electrons. The van der Waals surface area contributed by atoms with E-state index in [9.17, 15) is 9.59 Å². The molecule has 2 aromatic rings. The highest BCUT2D eigenvalue weighted by Gasteiger charge is 2.34. The van der Waals surface area contributed by atoms with Gasteiger partial charge < -0.3 is 10.1 Å². The second-order valence-corrected chi connectivity index (χ2v) is 6.83. The maximum absolute atomic E-state index is 12.8. The van der Waals surface area contributed by atoms with Gasteiger partial charge in [-0.1, -0.05) is 65.7 Å². The lowest BCUT2D eigenvalue weighted by molar-refractivity contribution is -0.141. The number of nitrogens with one attached hydrogen (secondary N) is 1. The summed E-state index contributed by atoms with van der Waals surface area (Å²) < 4.78 is 5.47. The molecule has 6 heteroatoms. The quantitative estimate of drug-likeness (QED) is 0.776. The second kappa shape index (κ2) is 7.94. The monoisotopic (exact) mass is 389 g/mol. The second-order valence-electron chi connectivity index (χ2n) is 6.05. The van der Waals surface area contributed by atoms with Gasteiger partial charge in [-0.05, 0) is 24.1 Å². The summed E-state index contributed by atoms with van der Waals surface area (Å²) in [6.45, 7) is 1.84. The SMILES string of the molecule is CC1=C(C(=O)OCc2ccccc2)[C@H](c2cccc(Cl)c2Cl)CC(=O)N1. The van der Waals surface area contributed by atoms with Crippen LogP contribution < -0.4 is 5.32 Å². The van der Waals surface area contributed by atoms with Crippen molar-refractivity contribution in [3.63, 3.8) is 0 Å². The molecule has 0 aromatic heterocycles. The van der Waals surface area contributed by atoms with Crippen molar-refractivity contribution in [3.8, 4) is 0 Å². The molecular weight excluding hydrogens is 373 g/mol. The summed E-state index contributed by atoms with van der Waals surface area (Å²) in [6, 6.07) is 14.6. The number of halogens is 2. The lowest BCUT2D eigenvalue weighted by atomic mass is 9.84. The fourth-order valence-electron chi connectivity index (χ4n) is 3.03. The third-order valence-electron chi connectivity index (χ3n) is 4.26. The van der Waals surface area contributed by atoms with Gasteiger partial charge in [-0.2, -0.15) is 0 Å². The van der Waals surface area contributed by atoms with E-state index < -0.39 is 11.9 Å². The number of carbonyl (C=O) groups excluding carboxylic acids is 2. The molecular formula is C20H17Cl2NO3. The van der Waals surface area contributed by atoms with Crippen molar-refractivity contribution >= 4 is 35.1 Å². The van der Waals surface area contributed by atoms with E-state index in [2.05, 4.69) is 5.32 Å². The summed E-state index contributed by atoms with van der Waals surface area (Å²) in [5.41, 5.74) is 2.39. The van der Waals surface area contributed by atoms with Crippen LogP contribution in [-0.4, -0.2) is 11.9 Å². The van der Waals surface area contributed by atoms with E-state index in [0.717, 1.165) is 5.56 Å². The molecule has 134 valence electrons. The number of esters is 1. The van der Waals surface area contributed by atoms with Crippen molar-refractivity contribution in [3.05, 3.63) is 81.0 Å². The minimum atomic E-state index is -0.502. The summed E-state index contributed by atoms with van der Waals surface area (Å²) in [5, 5.41) is 3.43. The number of hydrogen-bond acceptors (Lipinski definition) is 3. The molecule has 1 heterocycles. The Labute approximate surface area is 161 Å². The van der Waals surface area contributed by atoms with E-state index in [1.54, 1.807) is 25.1 Å². The summed E-state index contributed by atoms with van der Waals surface area (Å²) in [6.07, 6.45) is 0.104. The fourth-order valence-corrected chi connectivity index (χ4v) is 3.47. The number of amides is 1. The topological polar surface area (TPSA) is 55.4 Å². The number of carbonyl (C=O) groups is 2. The highest BCUT2D eigenvalue weighted by Crippen LogP contribution is 2.39. The Bertz CT molecular complexity index is 878. The summed E-state index contributed by atoms with van der Waals surface area (Å²) >= 11 is 12.4. The minimum Gasteiger partial charge on any atom is -0.457 e. The minimum absolute atomic E-state index is 0.104. The molecule has 0 bridgehead atoms. The van der Waals surface area contributed by atoms with Crippen molar-refractivity contribution in [2.75, 3.05) is 0 Å². The Morgan fingerprint density at radius 3 is 2.62 bits per heavy atom. The van der Waals surface area contributed by atoms with Gasteiger partial charge in [-0.3, -0.25) is 4.79 Å². The summed E-state index contributed by atoms with van der Waals surface area (Å²) in [7, 11) is 0. The third kappa shape index (κ3) is 3.92. The van der Waals surface area contributed by atoms with E-state index >= 15 is 0 Å². The maximum atomic E-state index is 12.8. The number of hydrogen-bond donors (Lipinski definition) is 1. The number of rotatable bonds is 4. The molecule has 4 nitrogen and oxygen atoms in total. The molecule has 26 heavy (non-hydrogen) atoms. The van der Waals surface area contributed by atoms with Crippen LogP contribution in [0.5, 0.6) is 0 Å². The largest absolute Gasteiger partial charge is 0.457 e. The van der Waals surface area contributed by atoms with Gasteiger partial charge in [0.25, 0.3) is 0 Å². The van der Waals surface area contributed by atoms with Gasteiger partial charge in [-0.25, -0.2) is 4.79 Å². The molecule has 0 unspecified atom stereocenters. The maximum Gasteiger partial charge on any atom is 0.336 e. The third-order valence-corrected chi connectivity index (χ3v) is 5.09. The molecule has 2 aromatic carbocycles. The standard InChI is InChI=1S/C20H17Cl2NO3/c1-12-18(20(25)26-11-13-6-3-2-4-7-13)15(10-17(24)23-12)14-8-5-9-16(21)19(14)22/h2-9,15H,10-11H2,1H3,(H,23,24)/t15-/m0/s1. The Balaban J connectivity index is 1.90. The Morgan fingerprint density at radius 1 is 1.15 bits per heavy atom. The van der Waals surface area contributed by atoms with Crippen LogP contribution in [0.2, 0.25) is 10.0 Å². The average molecular weight is 390 g/mol. The van der Waals surface area contributed by atoms with Gasteiger partial charge in [0.05, 0.1) is 15.6 Å². The Hall–Kier alpha value is -2.30. The highest BCUT2D eigenvalue weighted by atomic mass is 35.5. The first-order valence-electron chi connectivity index (χ1n) is 8.13. The first-order valence-corrected chi connectivity index (χ1v) is 8.88. The molecule has 1 aliphatic rings. The van der Waals surface area contributed by atoms with Crippen molar-refractivity contribution in [2.45, 2.75) is 25.9 Å². The molecule has 1 amide bonds. The smallest absolute Gasteiger partial charge is 0.336 e. The van der Waals surface area contributed by atoms with Crippen LogP contribution in [0.25, 0.3) is 0 Å². The van der Waals surface area contributed by atoms with Crippen LogP contribution in [0, 0.1) is 0 Å². The summed E-state index contributed by atoms with van der Waals surface area (Å²) in [4.78, 5) is 24.8. The predicted octanol–water partition coefficient (Wildman–Crippen LogP) is 4.61. The van der Waals surface area contributed by atoms with Gasteiger partial charge in [-0.15, -0.1) is 0 Å². The van der Waals surface area contributed by atoms with E-state index in [-0.39, 0.29) is 18.9 Å². The molecule has 0 saturated carbocycles. The first kappa shape index (κ1) is 18.5. The van der Waals surface area contributed by atoms with Crippen LogP contribution in [0.4, 0.5) is 0 Å². The zero-order valence-electron chi connectivity index (χ0n) is 14.1.